The molecule has 0 bridgehead atoms. The van der Waals surface area contributed by atoms with Gasteiger partial charge in [0.2, 0.25) is 11.9 Å². The Labute approximate surface area is 236 Å². The largest absolute Gasteiger partial charge is 0.309 e. The summed E-state index contributed by atoms with van der Waals surface area (Å²) in [5.41, 5.74) is 0.126. The standard InChI is InChI=1S/C25H27F5N6O3S2/c1-35-21(6-17(34-35)23(27)28)32-24-33-31-11-36(24)13-2-3-19-15(4-13)22(20(40-19)7-18(37)14-5-16(14)26)41(38,39)10-12-8-25(29,30)9-12/h6,11-14,16,23H,2-5,7-10H2,1H3,(H,32,33)/t13-,14-,16-/m0/s1. The third-order valence-electron chi connectivity index (χ3n) is 7.99. The fourth-order valence-electron chi connectivity index (χ4n) is 5.82. The summed E-state index contributed by atoms with van der Waals surface area (Å²) in [4.78, 5) is 13.8. The lowest BCUT2D eigenvalue weighted by atomic mass is 9.83. The normalized spacial score (nSPS) is 23.8. The summed E-state index contributed by atoms with van der Waals surface area (Å²) in [5, 5.41) is 14.7. The summed E-state index contributed by atoms with van der Waals surface area (Å²) in [6.45, 7) is 0. The Kier molecular flexibility index (Phi) is 6.98. The number of sulfone groups is 1. The van der Waals surface area contributed by atoms with Crippen molar-refractivity contribution in [3.8, 4) is 0 Å². The number of Topliss-reactive ketones (excluding diaryl/α,β-unsaturated/α-hetero) is 1. The van der Waals surface area contributed by atoms with Gasteiger partial charge in [-0.05, 0) is 37.2 Å². The minimum Gasteiger partial charge on any atom is -0.309 e. The molecule has 222 valence electrons. The molecule has 6 rings (SSSR count). The van der Waals surface area contributed by atoms with Crippen LogP contribution < -0.4 is 5.32 Å². The molecule has 41 heavy (non-hydrogen) atoms. The maximum absolute atomic E-state index is 13.7. The van der Waals surface area contributed by atoms with E-state index in [0.29, 0.717) is 23.3 Å². The number of ketones is 1. The van der Waals surface area contributed by atoms with E-state index in [2.05, 4.69) is 20.6 Å². The molecule has 3 aliphatic rings. The number of carbonyl (C=O) groups is 1. The van der Waals surface area contributed by atoms with Gasteiger partial charge in [0.15, 0.2) is 9.84 Å². The van der Waals surface area contributed by atoms with Gasteiger partial charge >= 0.3 is 0 Å². The van der Waals surface area contributed by atoms with Crippen LogP contribution in [0.4, 0.5) is 33.7 Å². The second-order valence-electron chi connectivity index (χ2n) is 11.1. The number of hydrogen-bond acceptors (Lipinski definition) is 8. The van der Waals surface area contributed by atoms with Gasteiger partial charge in [0.25, 0.3) is 6.43 Å². The van der Waals surface area contributed by atoms with Crippen molar-refractivity contribution in [3.05, 3.63) is 33.4 Å². The second-order valence-corrected chi connectivity index (χ2v) is 14.3. The minimum absolute atomic E-state index is 0.0117. The second kappa shape index (κ2) is 10.1. The smallest absolute Gasteiger partial charge is 0.282 e. The summed E-state index contributed by atoms with van der Waals surface area (Å²) >= 11 is 1.22. The molecule has 3 aliphatic carbocycles. The average Bonchev–Trinajstić information content (AvgIpc) is 3.19. The molecule has 0 radical (unpaired) electrons. The first kappa shape index (κ1) is 28.2. The molecule has 3 aromatic rings. The Balaban J connectivity index is 1.29. The first-order valence-corrected chi connectivity index (χ1v) is 15.7. The molecular weight excluding hydrogens is 591 g/mol. The van der Waals surface area contributed by atoms with Crippen LogP contribution in [0.25, 0.3) is 0 Å². The molecule has 1 N–H and O–H groups in total. The van der Waals surface area contributed by atoms with Crippen LogP contribution in [-0.2, 0) is 40.9 Å². The van der Waals surface area contributed by atoms with E-state index in [1.54, 1.807) is 4.57 Å². The minimum atomic E-state index is -4.03. The molecule has 3 aromatic heterocycles. The van der Waals surface area contributed by atoms with E-state index in [1.807, 2.05) is 0 Å². The summed E-state index contributed by atoms with van der Waals surface area (Å²) in [5.74, 6) is -4.58. The van der Waals surface area contributed by atoms with E-state index in [9.17, 15) is 35.2 Å². The quantitative estimate of drug-likeness (QED) is 0.326. The number of anilines is 2. The number of hydrogen-bond donors (Lipinski definition) is 1. The molecule has 3 heterocycles. The number of halogens is 5. The van der Waals surface area contributed by atoms with Gasteiger partial charge in [0.05, 0.1) is 16.6 Å². The van der Waals surface area contributed by atoms with Crippen molar-refractivity contribution in [2.75, 3.05) is 11.1 Å². The summed E-state index contributed by atoms with van der Waals surface area (Å²) in [7, 11) is -2.54. The van der Waals surface area contributed by atoms with Gasteiger partial charge in [-0.25, -0.2) is 30.4 Å². The van der Waals surface area contributed by atoms with Gasteiger partial charge in [0, 0.05) is 48.2 Å². The van der Waals surface area contributed by atoms with E-state index in [4.69, 9.17) is 0 Å². The number of thiophene rings is 1. The lowest BCUT2D eigenvalue weighted by Gasteiger charge is -2.34. The molecule has 2 saturated carbocycles. The van der Waals surface area contributed by atoms with Crippen molar-refractivity contribution in [3.63, 3.8) is 0 Å². The number of rotatable bonds is 10. The molecule has 16 heteroatoms. The Bertz CT molecular complexity index is 1590. The van der Waals surface area contributed by atoms with Gasteiger partial charge in [-0.3, -0.25) is 14.0 Å². The van der Waals surface area contributed by atoms with Gasteiger partial charge < -0.3 is 5.32 Å². The third-order valence-corrected chi connectivity index (χ3v) is 11.4. The highest BCUT2D eigenvalue weighted by Gasteiger charge is 2.48. The fraction of sp³-hybridized carbons (Fsp3) is 0.600. The van der Waals surface area contributed by atoms with Crippen molar-refractivity contribution in [1.82, 2.24) is 24.5 Å². The van der Waals surface area contributed by atoms with E-state index in [-0.39, 0.29) is 47.7 Å². The van der Waals surface area contributed by atoms with Crippen molar-refractivity contribution in [1.29, 1.82) is 0 Å². The summed E-state index contributed by atoms with van der Waals surface area (Å²) in [6, 6.07) is 0.878. The molecule has 0 unspecified atom stereocenters. The maximum atomic E-state index is 13.7. The van der Waals surface area contributed by atoms with Crippen molar-refractivity contribution in [2.45, 2.75) is 74.4 Å². The number of alkyl halides is 5. The molecule has 9 nitrogen and oxygen atoms in total. The zero-order chi connectivity index (χ0) is 29.3. The molecule has 0 saturated heterocycles. The van der Waals surface area contributed by atoms with Crippen LogP contribution in [0.3, 0.4) is 0 Å². The first-order valence-electron chi connectivity index (χ1n) is 13.2. The van der Waals surface area contributed by atoms with Crippen LogP contribution in [0.15, 0.2) is 17.3 Å². The number of fused-ring (bicyclic) bond motifs is 1. The fourth-order valence-corrected chi connectivity index (χ4v) is 9.67. The van der Waals surface area contributed by atoms with Crippen molar-refractivity contribution < 1.29 is 35.2 Å². The van der Waals surface area contributed by atoms with Crippen LogP contribution in [0.2, 0.25) is 0 Å². The zero-order valence-corrected chi connectivity index (χ0v) is 23.5. The van der Waals surface area contributed by atoms with Crippen molar-refractivity contribution in [2.24, 2.45) is 18.9 Å². The molecule has 0 amide bonds. The topological polar surface area (TPSA) is 112 Å². The molecule has 0 spiro atoms. The van der Waals surface area contributed by atoms with E-state index < -0.39 is 64.5 Å². The molecule has 3 atom stereocenters. The molecule has 0 aromatic carbocycles. The van der Waals surface area contributed by atoms with Crippen LogP contribution in [-0.4, -0.2) is 56.6 Å². The number of carbonyl (C=O) groups excluding carboxylic acids is 1. The molecule has 0 aliphatic heterocycles. The van der Waals surface area contributed by atoms with Gasteiger partial charge in [-0.15, -0.1) is 21.5 Å². The monoisotopic (exact) mass is 618 g/mol. The van der Waals surface area contributed by atoms with Crippen LogP contribution in [0.1, 0.15) is 59.2 Å². The van der Waals surface area contributed by atoms with E-state index >= 15 is 0 Å². The lowest BCUT2D eigenvalue weighted by Crippen LogP contribution is -2.39. The third kappa shape index (κ3) is 5.51. The number of nitrogens with one attached hydrogen (secondary N) is 1. The van der Waals surface area contributed by atoms with Crippen LogP contribution in [0.5, 0.6) is 0 Å². The highest BCUT2D eigenvalue weighted by Crippen LogP contribution is 2.47. The zero-order valence-electron chi connectivity index (χ0n) is 21.9. The van der Waals surface area contributed by atoms with Crippen LogP contribution in [0, 0.1) is 11.8 Å². The summed E-state index contributed by atoms with van der Waals surface area (Å²) in [6.07, 6.45) is -2.30. The van der Waals surface area contributed by atoms with E-state index in [1.165, 1.54) is 35.5 Å². The average molecular weight is 619 g/mol. The van der Waals surface area contributed by atoms with Crippen LogP contribution >= 0.6 is 11.3 Å². The molecule has 2 fully saturated rings. The number of aromatic nitrogens is 5. The Morgan fingerprint density at radius 3 is 2.66 bits per heavy atom. The SMILES string of the molecule is Cn1nc(C(F)F)cc1Nc1nncn1[C@H]1CCc2sc(CC(=O)[C@H]3C[C@@H]3F)c(S(=O)(=O)CC3CC(F)(F)C3)c2C1. The predicted molar refractivity (Wildman–Crippen MR) is 138 cm³/mol. The predicted octanol–water partition coefficient (Wildman–Crippen LogP) is 4.77. The Morgan fingerprint density at radius 2 is 2.02 bits per heavy atom. The molecular formula is C25H27F5N6O3S2. The van der Waals surface area contributed by atoms with Crippen molar-refractivity contribution >= 4 is 38.7 Å². The maximum Gasteiger partial charge on any atom is 0.282 e. The van der Waals surface area contributed by atoms with E-state index in [0.717, 1.165) is 4.88 Å². The van der Waals surface area contributed by atoms with Gasteiger partial charge in [-0.2, -0.15) is 5.10 Å². The lowest BCUT2D eigenvalue weighted by molar-refractivity contribution is -0.119. The summed E-state index contributed by atoms with van der Waals surface area (Å²) < 4.78 is 97.1. The first-order chi connectivity index (χ1) is 19.3. The number of aryl methyl sites for hydroxylation is 2. The Morgan fingerprint density at radius 1 is 1.29 bits per heavy atom. The van der Waals surface area contributed by atoms with Gasteiger partial charge in [-0.1, -0.05) is 0 Å². The Hall–Kier alpha value is -2.88. The number of nitrogens with zero attached hydrogens (tertiary/aromatic N) is 5. The van der Waals surface area contributed by atoms with Gasteiger partial charge in [0.1, 0.15) is 29.8 Å². The highest BCUT2D eigenvalue weighted by atomic mass is 32.2. The highest BCUT2D eigenvalue weighted by molar-refractivity contribution is 7.91.